The van der Waals surface area contributed by atoms with Crippen LogP contribution < -0.4 is 10.6 Å². The number of pyridine rings is 1. The van der Waals surface area contributed by atoms with Gasteiger partial charge in [0, 0.05) is 18.8 Å². The number of nitrogens with two attached hydrogens (primary N) is 1. The third kappa shape index (κ3) is 2.51. The fourth-order valence-corrected chi connectivity index (χ4v) is 2.88. The number of halogens is 1. The van der Waals surface area contributed by atoms with Gasteiger partial charge in [-0.25, -0.2) is 4.98 Å². The highest BCUT2D eigenvalue weighted by atomic mass is 35.5. The van der Waals surface area contributed by atoms with Gasteiger partial charge in [-0.1, -0.05) is 29.8 Å². The molecule has 0 fully saturated rings. The molecule has 0 amide bonds. The van der Waals surface area contributed by atoms with Gasteiger partial charge >= 0.3 is 0 Å². The van der Waals surface area contributed by atoms with Crippen LogP contribution in [0.25, 0.3) is 0 Å². The Morgan fingerprint density at radius 3 is 2.85 bits per heavy atom. The topological polar surface area (TPSA) is 42.1 Å². The van der Waals surface area contributed by atoms with Crippen molar-refractivity contribution in [3.8, 4) is 0 Å². The molecule has 2 heterocycles. The highest BCUT2D eigenvalue weighted by Crippen LogP contribution is 2.32. The van der Waals surface area contributed by atoms with Crippen LogP contribution in [0.3, 0.4) is 0 Å². The van der Waals surface area contributed by atoms with E-state index in [-0.39, 0.29) is 0 Å². The lowest BCUT2D eigenvalue weighted by molar-refractivity contribution is 0.756. The normalized spacial score (nSPS) is 14.8. The molecule has 3 nitrogen and oxygen atoms in total. The quantitative estimate of drug-likeness (QED) is 0.916. The van der Waals surface area contributed by atoms with Crippen molar-refractivity contribution < 1.29 is 0 Å². The lowest BCUT2D eigenvalue weighted by Crippen LogP contribution is -2.20. The monoisotopic (exact) mass is 287 g/mol. The van der Waals surface area contributed by atoms with Gasteiger partial charge in [0.1, 0.15) is 5.82 Å². The number of fused-ring (bicyclic) bond motifs is 1. The van der Waals surface area contributed by atoms with Gasteiger partial charge in [-0.15, -0.1) is 0 Å². The van der Waals surface area contributed by atoms with Gasteiger partial charge in [0.05, 0.1) is 10.7 Å². The zero-order valence-corrected chi connectivity index (χ0v) is 12.1. The van der Waals surface area contributed by atoms with Crippen molar-refractivity contribution in [1.82, 2.24) is 4.98 Å². The number of hydrogen-bond donors (Lipinski definition) is 1. The number of para-hydroxylation sites is 1. The van der Waals surface area contributed by atoms with Crippen LogP contribution in [0.15, 0.2) is 36.4 Å². The van der Waals surface area contributed by atoms with Crippen LogP contribution in [0.5, 0.6) is 0 Å². The van der Waals surface area contributed by atoms with Crippen LogP contribution in [-0.2, 0) is 13.0 Å². The molecule has 1 aliphatic rings. The predicted molar refractivity (Wildman–Crippen MR) is 83.5 cm³/mol. The summed E-state index contributed by atoms with van der Waals surface area (Å²) in [6.07, 6.45) is 3.51. The van der Waals surface area contributed by atoms with Gasteiger partial charge in [-0.3, -0.25) is 0 Å². The molecule has 0 saturated carbocycles. The second-order valence-corrected chi connectivity index (χ2v) is 5.45. The lowest BCUT2D eigenvalue weighted by Gasteiger charge is -2.24. The van der Waals surface area contributed by atoms with Crippen molar-refractivity contribution in [2.24, 2.45) is 5.73 Å². The summed E-state index contributed by atoms with van der Waals surface area (Å²) >= 11 is 6.11. The first-order valence-corrected chi connectivity index (χ1v) is 7.38. The smallest absolute Gasteiger partial charge is 0.133 e. The van der Waals surface area contributed by atoms with E-state index in [1.54, 1.807) is 0 Å². The maximum Gasteiger partial charge on any atom is 0.133 e. The van der Waals surface area contributed by atoms with Crippen molar-refractivity contribution in [2.45, 2.75) is 25.8 Å². The Morgan fingerprint density at radius 1 is 1.15 bits per heavy atom. The highest BCUT2D eigenvalue weighted by Gasteiger charge is 2.18. The minimum Gasteiger partial charge on any atom is -0.326 e. The summed E-state index contributed by atoms with van der Waals surface area (Å²) in [4.78, 5) is 6.90. The average molecular weight is 288 g/mol. The van der Waals surface area contributed by atoms with E-state index >= 15 is 0 Å². The van der Waals surface area contributed by atoms with E-state index in [2.05, 4.69) is 34.1 Å². The molecule has 1 aromatic carbocycles. The lowest BCUT2D eigenvalue weighted by atomic mass is 10.1. The molecule has 2 aromatic rings. The van der Waals surface area contributed by atoms with Crippen molar-refractivity contribution in [3.63, 3.8) is 0 Å². The van der Waals surface area contributed by atoms with Crippen molar-refractivity contribution in [2.75, 3.05) is 11.4 Å². The van der Waals surface area contributed by atoms with Crippen LogP contribution in [0.1, 0.15) is 24.1 Å². The van der Waals surface area contributed by atoms with Crippen molar-refractivity contribution in [1.29, 1.82) is 0 Å². The number of hydrogen-bond acceptors (Lipinski definition) is 3. The Bertz CT molecular complexity index is 612. The van der Waals surface area contributed by atoms with Crippen LogP contribution in [-0.4, -0.2) is 11.5 Å². The SMILES string of the molecule is NCc1nc(N2CCCCc3ccccc32)ccc1Cl. The fourth-order valence-electron chi connectivity index (χ4n) is 2.70. The number of anilines is 2. The molecule has 1 aliphatic heterocycles. The molecule has 20 heavy (non-hydrogen) atoms. The zero-order valence-electron chi connectivity index (χ0n) is 11.3. The molecule has 0 atom stereocenters. The molecule has 0 aliphatic carbocycles. The number of benzene rings is 1. The number of aromatic nitrogens is 1. The number of nitrogens with zero attached hydrogens (tertiary/aromatic N) is 2. The van der Waals surface area contributed by atoms with E-state index in [1.807, 2.05) is 12.1 Å². The van der Waals surface area contributed by atoms with Crippen molar-refractivity contribution >= 4 is 23.1 Å². The standard InChI is InChI=1S/C16H18ClN3/c17-13-8-9-16(19-14(13)11-18)20-10-4-3-6-12-5-1-2-7-15(12)20/h1-2,5,7-9H,3-4,6,10-11,18H2. The molecule has 3 rings (SSSR count). The molecule has 0 spiro atoms. The van der Waals surface area contributed by atoms with E-state index < -0.39 is 0 Å². The van der Waals surface area contributed by atoms with Crippen LogP contribution in [0.4, 0.5) is 11.5 Å². The molecule has 1 aromatic heterocycles. The van der Waals surface area contributed by atoms with Crippen LogP contribution in [0.2, 0.25) is 5.02 Å². The molecule has 4 heteroatoms. The van der Waals surface area contributed by atoms with Gasteiger partial charge in [0.25, 0.3) is 0 Å². The molecular formula is C16H18ClN3. The van der Waals surface area contributed by atoms with Gasteiger partial charge in [-0.2, -0.15) is 0 Å². The minimum atomic E-state index is 0.363. The zero-order chi connectivity index (χ0) is 13.9. The Hall–Kier alpha value is -1.58. The molecule has 0 bridgehead atoms. The minimum absolute atomic E-state index is 0.363. The summed E-state index contributed by atoms with van der Waals surface area (Å²) in [5.74, 6) is 0.934. The van der Waals surface area contributed by atoms with E-state index in [9.17, 15) is 0 Å². The largest absolute Gasteiger partial charge is 0.326 e. The Labute approximate surface area is 124 Å². The average Bonchev–Trinajstić information content (AvgIpc) is 2.70. The van der Waals surface area contributed by atoms with Gasteiger partial charge in [-0.05, 0) is 43.0 Å². The second kappa shape index (κ2) is 5.81. The van der Waals surface area contributed by atoms with Crippen LogP contribution >= 0.6 is 11.6 Å². The molecule has 2 N–H and O–H groups in total. The van der Waals surface area contributed by atoms with E-state index in [0.717, 1.165) is 30.9 Å². The summed E-state index contributed by atoms with van der Waals surface area (Å²) in [6, 6.07) is 12.4. The van der Waals surface area contributed by atoms with Crippen molar-refractivity contribution in [3.05, 3.63) is 52.7 Å². The Balaban J connectivity index is 2.05. The van der Waals surface area contributed by atoms with Gasteiger partial charge in [0.15, 0.2) is 0 Å². The van der Waals surface area contributed by atoms with Gasteiger partial charge in [0.2, 0.25) is 0 Å². The summed E-state index contributed by atoms with van der Waals surface area (Å²) in [7, 11) is 0. The first-order valence-electron chi connectivity index (χ1n) is 7.00. The second-order valence-electron chi connectivity index (χ2n) is 5.04. The molecular weight excluding hydrogens is 270 g/mol. The first kappa shape index (κ1) is 13.4. The molecule has 104 valence electrons. The third-order valence-corrected chi connectivity index (χ3v) is 4.08. The maximum atomic E-state index is 6.11. The molecule has 0 radical (unpaired) electrons. The number of rotatable bonds is 2. The third-order valence-electron chi connectivity index (χ3n) is 3.73. The summed E-state index contributed by atoms with van der Waals surface area (Å²) in [6.45, 7) is 1.35. The van der Waals surface area contributed by atoms with E-state index in [0.29, 0.717) is 11.6 Å². The Morgan fingerprint density at radius 2 is 2.00 bits per heavy atom. The Kier molecular flexibility index (Phi) is 3.90. The van der Waals surface area contributed by atoms with E-state index in [1.165, 1.54) is 17.7 Å². The first-order chi connectivity index (χ1) is 9.79. The molecule has 0 unspecified atom stereocenters. The maximum absolute atomic E-state index is 6.11. The summed E-state index contributed by atoms with van der Waals surface area (Å²) < 4.78 is 0. The fraction of sp³-hybridized carbons (Fsp3) is 0.312. The summed E-state index contributed by atoms with van der Waals surface area (Å²) in [5, 5.41) is 0.638. The highest BCUT2D eigenvalue weighted by molar-refractivity contribution is 6.31. The van der Waals surface area contributed by atoms with Gasteiger partial charge < -0.3 is 10.6 Å². The number of aryl methyl sites for hydroxylation is 1. The van der Waals surface area contributed by atoms with E-state index in [4.69, 9.17) is 17.3 Å². The summed E-state index contributed by atoms with van der Waals surface area (Å²) in [5.41, 5.74) is 9.10. The predicted octanol–water partition coefficient (Wildman–Crippen LogP) is 3.67. The molecule has 0 saturated heterocycles. The van der Waals surface area contributed by atoms with Crippen LogP contribution in [0, 0.1) is 0 Å².